The first-order valence-electron chi connectivity index (χ1n) is 5.18. The van der Waals surface area contributed by atoms with Gasteiger partial charge in [0.25, 0.3) is 5.56 Å². The first-order valence-corrected chi connectivity index (χ1v) is 5.18. The molecule has 0 saturated heterocycles. The van der Waals surface area contributed by atoms with Crippen molar-refractivity contribution >= 4 is 11.2 Å². The summed E-state index contributed by atoms with van der Waals surface area (Å²) in [6.07, 6.45) is 1.56. The molecule has 0 aromatic carbocycles. The quantitative estimate of drug-likeness (QED) is 0.688. The largest absolute Gasteiger partial charge is 0.332 e. The summed E-state index contributed by atoms with van der Waals surface area (Å²) >= 11 is 0. The Kier molecular flexibility index (Phi) is 2.49. The van der Waals surface area contributed by atoms with Crippen molar-refractivity contribution in [3.8, 4) is 0 Å². The third-order valence-corrected chi connectivity index (χ3v) is 2.66. The number of hydrogen-bond donors (Lipinski definition) is 0. The molecule has 2 heterocycles. The van der Waals surface area contributed by atoms with E-state index < -0.39 is 0 Å². The number of rotatable bonds is 2. The lowest BCUT2D eigenvalue weighted by Gasteiger charge is -2.06. The van der Waals surface area contributed by atoms with Crippen molar-refractivity contribution in [1.82, 2.24) is 18.7 Å². The molecule has 0 bridgehead atoms. The van der Waals surface area contributed by atoms with Crippen LogP contribution in [0.5, 0.6) is 0 Å². The van der Waals surface area contributed by atoms with Gasteiger partial charge < -0.3 is 4.57 Å². The molecule has 0 aliphatic carbocycles. The second-order valence-electron chi connectivity index (χ2n) is 4.21. The number of allylic oxidation sites excluding steroid dienone is 1. The molecule has 2 aromatic rings. The third-order valence-electron chi connectivity index (χ3n) is 2.66. The summed E-state index contributed by atoms with van der Waals surface area (Å²) in [7, 11) is 3.06. The maximum absolute atomic E-state index is 12.0. The summed E-state index contributed by atoms with van der Waals surface area (Å²) in [4.78, 5) is 27.8. The predicted molar refractivity (Wildman–Crippen MR) is 65.0 cm³/mol. The highest BCUT2D eigenvalue weighted by Crippen LogP contribution is 2.07. The lowest BCUT2D eigenvalue weighted by atomic mass is 10.3. The van der Waals surface area contributed by atoms with E-state index in [9.17, 15) is 9.59 Å². The zero-order valence-corrected chi connectivity index (χ0v) is 10.1. The summed E-state index contributed by atoms with van der Waals surface area (Å²) < 4.78 is 4.16. The van der Waals surface area contributed by atoms with Crippen molar-refractivity contribution < 1.29 is 0 Å². The van der Waals surface area contributed by atoms with E-state index in [1.165, 1.54) is 11.6 Å². The molecular weight excluding hydrogens is 220 g/mol. The van der Waals surface area contributed by atoms with E-state index in [1.807, 2.05) is 6.92 Å². The highest BCUT2D eigenvalue weighted by molar-refractivity contribution is 5.70. The fourth-order valence-electron chi connectivity index (χ4n) is 1.81. The third kappa shape index (κ3) is 1.61. The molecule has 2 rings (SSSR count). The van der Waals surface area contributed by atoms with E-state index in [0.29, 0.717) is 17.7 Å². The average molecular weight is 234 g/mol. The van der Waals surface area contributed by atoms with Gasteiger partial charge in [0.15, 0.2) is 11.2 Å². The number of imidazole rings is 1. The maximum Gasteiger partial charge on any atom is 0.332 e. The second kappa shape index (κ2) is 3.73. The topological polar surface area (TPSA) is 61.8 Å². The highest BCUT2D eigenvalue weighted by Gasteiger charge is 2.13. The van der Waals surface area contributed by atoms with E-state index in [2.05, 4.69) is 11.6 Å². The van der Waals surface area contributed by atoms with Gasteiger partial charge in [-0.1, -0.05) is 12.2 Å². The molecule has 0 saturated carbocycles. The number of fused-ring (bicyclic) bond motifs is 1. The van der Waals surface area contributed by atoms with Gasteiger partial charge in [0.2, 0.25) is 0 Å². The minimum atomic E-state index is -0.372. The van der Waals surface area contributed by atoms with E-state index in [1.54, 1.807) is 17.9 Å². The number of aryl methyl sites for hydroxylation is 1. The monoisotopic (exact) mass is 234 g/mol. The average Bonchev–Trinajstić information content (AvgIpc) is 2.66. The van der Waals surface area contributed by atoms with Crippen LogP contribution in [-0.4, -0.2) is 18.7 Å². The molecule has 90 valence electrons. The van der Waals surface area contributed by atoms with E-state index in [0.717, 1.165) is 10.1 Å². The first-order chi connectivity index (χ1) is 7.93. The standard InChI is InChI=1S/C11H14N4O2/c1-7(2)5-15-6-12-9-8(15)10(16)14(4)11(17)13(9)3/h6H,1,5H2,2-4H3. The maximum atomic E-state index is 12.0. The number of nitrogens with zero attached hydrogens (tertiary/aromatic N) is 4. The molecule has 0 radical (unpaired) electrons. The molecule has 0 spiro atoms. The molecular formula is C11H14N4O2. The van der Waals surface area contributed by atoms with Crippen molar-refractivity contribution in [2.24, 2.45) is 14.1 Å². The van der Waals surface area contributed by atoms with Crippen LogP contribution in [0.15, 0.2) is 28.1 Å². The Bertz CT molecular complexity index is 717. The summed E-state index contributed by atoms with van der Waals surface area (Å²) in [5.41, 5.74) is 1.04. The molecule has 0 unspecified atom stereocenters. The number of aromatic nitrogens is 4. The lowest BCUT2D eigenvalue weighted by molar-refractivity contribution is 0.701. The molecule has 2 aromatic heterocycles. The number of hydrogen-bond acceptors (Lipinski definition) is 3. The fraction of sp³-hybridized carbons (Fsp3) is 0.364. The van der Waals surface area contributed by atoms with Gasteiger partial charge in [0.1, 0.15) is 0 Å². The highest BCUT2D eigenvalue weighted by atomic mass is 16.2. The van der Waals surface area contributed by atoms with Crippen LogP contribution in [0.25, 0.3) is 11.2 Å². The van der Waals surface area contributed by atoms with Crippen molar-refractivity contribution in [1.29, 1.82) is 0 Å². The molecule has 6 nitrogen and oxygen atoms in total. The Balaban J connectivity index is 2.90. The van der Waals surface area contributed by atoms with Crippen molar-refractivity contribution in [2.75, 3.05) is 0 Å². The molecule has 0 aliphatic rings. The first kappa shape index (κ1) is 11.4. The van der Waals surface area contributed by atoms with E-state index >= 15 is 0 Å². The molecule has 0 fully saturated rings. The fourth-order valence-corrected chi connectivity index (χ4v) is 1.81. The molecule has 6 heteroatoms. The Labute approximate surface area is 97.4 Å². The summed E-state index contributed by atoms with van der Waals surface area (Å²) in [6, 6.07) is 0. The summed E-state index contributed by atoms with van der Waals surface area (Å²) in [6.45, 7) is 6.19. The molecule has 0 amide bonds. The smallest absolute Gasteiger partial charge is 0.321 e. The zero-order valence-electron chi connectivity index (χ0n) is 10.1. The van der Waals surface area contributed by atoms with Gasteiger partial charge in [-0.3, -0.25) is 13.9 Å². The van der Waals surface area contributed by atoms with Crippen LogP contribution in [0.1, 0.15) is 6.92 Å². The lowest BCUT2D eigenvalue weighted by Crippen LogP contribution is -2.37. The van der Waals surface area contributed by atoms with Gasteiger partial charge in [-0.25, -0.2) is 9.78 Å². The molecule has 0 aliphatic heterocycles. The van der Waals surface area contributed by atoms with E-state index in [-0.39, 0.29) is 11.2 Å². The van der Waals surface area contributed by atoms with E-state index in [4.69, 9.17) is 0 Å². The minimum Gasteiger partial charge on any atom is -0.321 e. The van der Waals surface area contributed by atoms with Gasteiger partial charge in [0.05, 0.1) is 6.33 Å². The zero-order chi connectivity index (χ0) is 12.7. The van der Waals surface area contributed by atoms with Crippen LogP contribution in [0, 0.1) is 0 Å². The van der Waals surface area contributed by atoms with Crippen molar-refractivity contribution in [3.05, 3.63) is 39.3 Å². The van der Waals surface area contributed by atoms with Gasteiger partial charge in [-0.2, -0.15) is 0 Å². The summed E-state index contributed by atoms with van der Waals surface area (Å²) in [5.74, 6) is 0. The SMILES string of the molecule is C=C(C)Cn1cnc2c1c(=O)n(C)c(=O)n2C. The van der Waals surface area contributed by atoms with Gasteiger partial charge >= 0.3 is 5.69 Å². The normalized spacial score (nSPS) is 11.0. The molecule has 0 N–H and O–H groups in total. The Hall–Kier alpha value is -2.11. The van der Waals surface area contributed by atoms with Gasteiger partial charge in [0, 0.05) is 20.6 Å². The second-order valence-corrected chi connectivity index (χ2v) is 4.21. The van der Waals surface area contributed by atoms with Gasteiger partial charge in [-0.05, 0) is 6.92 Å². The Morgan fingerprint density at radius 3 is 2.59 bits per heavy atom. The van der Waals surface area contributed by atoms with Crippen LogP contribution in [0.4, 0.5) is 0 Å². The van der Waals surface area contributed by atoms with Crippen LogP contribution in [0.3, 0.4) is 0 Å². The van der Waals surface area contributed by atoms with Gasteiger partial charge in [-0.15, -0.1) is 0 Å². The van der Waals surface area contributed by atoms with Crippen LogP contribution < -0.4 is 11.2 Å². The Morgan fingerprint density at radius 2 is 2.00 bits per heavy atom. The summed E-state index contributed by atoms with van der Waals surface area (Å²) in [5, 5.41) is 0. The van der Waals surface area contributed by atoms with Crippen molar-refractivity contribution in [2.45, 2.75) is 13.5 Å². The molecule has 0 atom stereocenters. The minimum absolute atomic E-state index is 0.332. The predicted octanol–water partition coefficient (Wildman–Crippen LogP) is 0.00980. The molecule has 17 heavy (non-hydrogen) atoms. The van der Waals surface area contributed by atoms with Crippen molar-refractivity contribution in [3.63, 3.8) is 0 Å². The Morgan fingerprint density at radius 1 is 1.35 bits per heavy atom. The van der Waals surface area contributed by atoms with Crippen LogP contribution in [0.2, 0.25) is 0 Å². The van der Waals surface area contributed by atoms with Crippen LogP contribution >= 0.6 is 0 Å². The van der Waals surface area contributed by atoms with Crippen LogP contribution in [-0.2, 0) is 20.6 Å².